The lowest BCUT2D eigenvalue weighted by Crippen LogP contribution is -2.28. The first-order valence-corrected chi connectivity index (χ1v) is 8.78. The molecule has 1 heterocycles. The van der Waals surface area contributed by atoms with Crippen molar-refractivity contribution in [1.29, 1.82) is 0 Å². The first kappa shape index (κ1) is 21.5. The molecule has 0 spiro atoms. The SMILES string of the molecule is COc1cc(NC(=O)c2scnc2NC(=O)OC(C)(C)C)cc(C(F)(F)F)c1. The Morgan fingerprint density at radius 3 is 2.36 bits per heavy atom. The zero-order chi connectivity index (χ0) is 21.1. The van der Waals surface area contributed by atoms with Crippen LogP contribution in [-0.2, 0) is 10.9 Å². The van der Waals surface area contributed by atoms with Gasteiger partial charge in [0.25, 0.3) is 5.91 Å². The van der Waals surface area contributed by atoms with E-state index >= 15 is 0 Å². The highest BCUT2D eigenvalue weighted by molar-refractivity contribution is 7.12. The number of hydrogen-bond donors (Lipinski definition) is 2. The molecule has 0 saturated heterocycles. The van der Waals surface area contributed by atoms with Gasteiger partial charge in [0.15, 0.2) is 5.82 Å². The Hall–Kier alpha value is -2.82. The first-order chi connectivity index (χ1) is 12.9. The van der Waals surface area contributed by atoms with Crippen LogP contribution in [0.15, 0.2) is 23.7 Å². The minimum Gasteiger partial charge on any atom is -0.497 e. The third-order valence-corrected chi connectivity index (χ3v) is 3.95. The summed E-state index contributed by atoms with van der Waals surface area (Å²) in [6, 6.07) is 2.84. The first-order valence-electron chi connectivity index (χ1n) is 7.90. The van der Waals surface area contributed by atoms with Crippen LogP contribution in [0.3, 0.4) is 0 Å². The van der Waals surface area contributed by atoms with Crippen LogP contribution in [0, 0.1) is 0 Å². The number of nitrogens with zero attached hydrogens (tertiary/aromatic N) is 1. The number of methoxy groups -OCH3 is 1. The number of carbonyl (C=O) groups is 2. The summed E-state index contributed by atoms with van der Waals surface area (Å²) in [5.41, 5.74) is -0.530. The van der Waals surface area contributed by atoms with Gasteiger partial charge in [-0.15, -0.1) is 11.3 Å². The molecule has 2 amide bonds. The highest BCUT2D eigenvalue weighted by atomic mass is 32.1. The van der Waals surface area contributed by atoms with Crippen LogP contribution < -0.4 is 15.4 Å². The van der Waals surface area contributed by atoms with Crippen molar-refractivity contribution in [2.75, 3.05) is 17.7 Å². The topological polar surface area (TPSA) is 89.5 Å². The quantitative estimate of drug-likeness (QED) is 0.748. The molecule has 2 aromatic rings. The zero-order valence-electron chi connectivity index (χ0n) is 15.4. The average Bonchev–Trinajstić information content (AvgIpc) is 2.99. The monoisotopic (exact) mass is 417 g/mol. The molecule has 0 fully saturated rings. The second-order valence-corrected chi connectivity index (χ2v) is 7.41. The van der Waals surface area contributed by atoms with Gasteiger partial charge in [-0.3, -0.25) is 10.1 Å². The summed E-state index contributed by atoms with van der Waals surface area (Å²) in [5, 5.41) is 4.70. The molecule has 0 aliphatic heterocycles. The number of halogens is 3. The van der Waals surface area contributed by atoms with Crippen molar-refractivity contribution in [3.8, 4) is 5.75 Å². The van der Waals surface area contributed by atoms with Crippen molar-refractivity contribution < 1.29 is 32.2 Å². The van der Waals surface area contributed by atoms with Crippen molar-refractivity contribution >= 4 is 34.8 Å². The molecule has 1 aromatic carbocycles. The minimum atomic E-state index is -4.61. The van der Waals surface area contributed by atoms with E-state index < -0.39 is 29.3 Å². The van der Waals surface area contributed by atoms with E-state index in [1.54, 1.807) is 20.8 Å². The highest BCUT2D eigenvalue weighted by Gasteiger charge is 2.32. The second-order valence-electron chi connectivity index (χ2n) is 6.56. The summed E-state index contributed by atoms with van der Waals surface area (Å²) in [4.78, 5) is 28.2. The molecule has 28 heavy (non-hydrogen) atoms. The number of rotatable bonds is 4. The van der Waals surface area contributed by atoms with Crippen LogP contribution in [0.1, 0.15) is 36.0 Å². The van der Waals surface area contributed by atoms with E-state index in [-0.39, 0.29) is 22.1 Å². The van der Waals surface area contributed by atoms with Crippen LogP contribution in [0.25, 0.3) is 0 Å². The molecule has 1 aromatic heterocycles. The molecule has 152 valence electrons. The molecule has 0 unspecified atom stereocenters. The summed E-state index contributed by atoms with van der Waals surface area (Å²) >= 11 is 0.910. The third kappa shape index (κ3) is 5.84. The molecule has 0 bridgehead atoms. The summed E-state index contributed by atoms with van der Waals surface area (Å²) in [6.45, 7) is 5.01. The number of thiazole rings is 1. The Morgan fingerprint density at radius 1 is 1.11 bits per heavy atom. The number of anilines is 2. The molecule has 0 radical (unpaired) electrons. The fourth-order valence-electron chi connectivity index (χ4n) is 2.04. The van der Waals surface area contributed by atoms with Crippen molar-refractivity contribution in [2.45, 2.75) is 32.5 Å². The maximum Gasteiger partial charge on any atom is 0.416 e. The van der Waals surface area contributed by atoms with Gasteiger partial charge >= 0.3 is 12.3 Å². The van der Waals surface area contributed by atoms with Crippen molar-refractivity contribution in [1.82, 2.24) is 4.98 Å². The smallest absolute Gasteiger partial charge is 0.416 e. The minimum absolute atomic E-state index is 0.00207. The van der Waals surface area contributed by atoms with Gasteiger partial charge in [0.2, 0.25) is 0 Å². The molecule has 0 aliphatic rings. The number of ether oxygens (including phenoxy) is 2. The van der Waals surface area contributed by atoms with E-state index in [9.17, 15) is 22.8 Å². The van der Waals surface area contributed by atoms with Crippen molar-refractivity contribution in [3.63, 3.8) is 0 Å². The van der Waals surface area contributed by atoms with E-state index in [0.29, 0.717) is 0 Å². The Kier molecular flexibility index (Phi) is 6.17. The van der Waals surface area contributed by atoms with Crippen LogP contribution >= 0.6 is 11.3 Å². The van der Waals surface area contributed by atoms with Crippen LogP contribution in [0.2, 0.25) is 0 Å². The second kappa shape index (κ2) is 8.05. The van der Waals surface area contributed by atoms with Crippen LogP contribution in [-0.4, -0.2) is 29.7 Å². The number of benzene rings is 1. The average molecular weight is 417 g/mol. The molecule has 11 heteroatoms. The standard InChI is InChI=1S/C17H18F3N3O4S/c1-16(2,3)27-15(25)23-13-12(28-8-21-13)14(24)22-10-5-9(17(18,19)20)6-11(7-10)26-4/h5-8H,1-4H3,(H,22,24)(H,23,25). The molecule has 7 nitrogen and oxygen atoms in total. The molecule has 0 atom stereocenters. The van der Waals surface area contributed by atoms with Crippen LogP contribution in [0.4, 0.5) is 29.5 Å². The number of hydrogen-bond acceptors (Lipinski definition) is 6. The lowest BCUT2D eigenvalue weighted by Gasteiger charge is -2.19. The molecule has 2 rings (SSSR count). The lowest BCUT2D eigenvalue weighted by molar-refractivity contribution is -0.137. The van der Waals surface area contributed by atoms with Gasteiger partial charge in [0, 0.05) is 11.8 Å². The summed E-state index contributed by atoms with van der Waals surface area (Å²) < 4.78 is 48.9. The third-order valence-electron chi connectivity index (χ3n) is 3.12. The fraction of sp³-hybridized carbons (Fsp3) is 0.353. The zero-order valence-corrected chi connectivity index (χ0v) is 16.2. The normalized spacial score (nSPS) is 11.7. The summed E-state index contributed by atoms with van der Waals surface area (Å²) in [6.07, 6.45) is -5.42. The van der Waals surface area contributed by atoms with E-state index in [1.807, 2.05) is 0 Å². The van der Waals surface area contributed by atoms with Crippen molar-refractivity contribution in [3.05, 3.63) is 34.2 Å². The van der Waals surface area contributed by atoms with Gasteiger partial charge in [-0.2, -0.15) is 13.2 Å². The maximum absolute atomic E-state index is 13.0. The summed E-state index contributed by atoms with van der Waals surface area (Å²) in [7, 11) is 1.22. The van der Waals surface area contributed by atoms with Gasteiger partial charge in [-0.1, -0.05) is 0 Å². The van der Waals surface area contributed by atoms with Gasteiger partial charge in [-0.25, -0.2) is 9.78 Å². The molecular weight excluding hydrogens is 399 g/mol. The number of nitrogens with one attached hydrogen (secondary N) is 2. The highest BCUT2D eigenvalue weighted by Crippen LogP contribution is 2.34. The Morgan fingerprint density at radius 2 is 1.79 bits per heavy atom. The van der Waals surface area contributed by atoms with Gasteiger partial charge in [0.1, 0.15) is 16.2 Å². The lowest BCUT2D eigenvalue weighted by atomic mass is 10.1. The van der Waals surface area contributed by atoms with E-state index in [2.05, 4.69) is 15.6 Å². The predicted molar refractivity (Wildman–Crippen MR) is 97.9 cm³/mol. The molecule has 2 N–H and O–H groups in total. The van der Waals surface area contributed by atoms with E-state index in [1.165, 1.54) is 18.7 Å². The van der Waals surface area contributed by atoms with Gasteiger partial charge in [-0.05, 0) is 32.9 Å². The molecule has 0 saturated carbocycles. The van der Waals surface area contributed by atoms with E-state index in [4.69, 9.17) is 9.47 Å². The maximum atomic E-state index is 13.0. The summed E-state index contributed by atoms with van der Waals surface area (Å²) in [5.74, 6) is -0.868. The van der Waals surface area contributed by atoms with Crippen LogP contribution in [0.5, 0.6) is 5.75 Å². The van der Waals surface area contributed by atoms with Crippen molar-refractivity contribution in [2.24, 2.45) is 0 Å². The van der Waals surface area contributed by atoms with E-state index in [0.717, 1.165) is 23.5 Å². The number of aromatic nitrogens is 1. The largest absolute Gasteiger partial charge is 0.497 e. The predicted octanol–water partition coefficient (Wildman–Crippen LogP) is 4.77. The molecule has 0 aliphatic carbocycles. The number of amides is 2. The molecular formula is C17H18F3N3O4S. The Bertz CT molecular complexity index is 875. The number of carbonyl (C=O) groups excluding carboxylic acids is 2. The van der Waals surface area contributed by atoms with Gasteiger partial charge in [0.05, 0.1) is 18.2 Å². The number of alkyl halides is 3. The van der Waals surface area contributed by atoms with Gasteiger partial charge < -0.3 is 14.8 Å². The Balaban J connectivity index is 2.21. The fourth-order valence-corrected chi connectivity index (χ4v) is 2.67. The Labute approximate surface area is 162 Å².